The van der Waals surface area contributed by atoms with Crippen molar-refractivity contribution in [2.24, 2.45) is 0 Å². The number of benzene rings is 2. The zero-order valence-electron chi connectivity index (χ0n) is 17.3. The molecule has 2 rings (SSSR count). The predicted octanol–water partition coefficient (Wildman–Crippen LogP) is 7.94. The molecule has 0 amide bonds. The maximum atomic E-state index is 2.23. The second-order valence-electron chi connectivity index (χ2n) is 4.44. The topological polar surface area (TPSA) is 0 Å². The monoisotopic (exact) mass is 316 g/mol. The molecule has 0 aromatic heterocycles. The Morgan fingerprint density at radius 2 is 1.09 bits per heavy atom. The van der Waals surface area contributed by atoms with Crippen LogP contribution in [-0.2, 0) is 6.42 Å². The third-order valence-corrected chi connectivity index (χ3v) is 2.82. The van der Waals surface area contributed by atoms with Crippen LogP contribution in [0.15, 0.2) is 48.5 Å². The molecule has 2 aromatic rings. The summed E-state index contributed by atoms with van der Waals surface area (Å²) in [5.41, 5.74) is 5.56. The molecule has 0 fully saturated rings. The Labute approximate surface area is 147 Å². The van der Waals surface area contributed by atoms with Gasteiger partial charge in [0.25, 0.3) is 0 Å². The smallest absolute Gasteiger partial charge is 0.0305 e. The van der Waals surface area contributed by atoms with Crippen LogP contribution in [0.3, 0.4) is 0 Å². The minimum Gasteiger partial charge on any atom is -0.0683 e. The molecular weight excluding hydrogens is 276 g/mol. The standard InChI is InChI=1S/C10H14.C7H8.3C2H6/c1-4-10-6-5-8(2)7-9(10)3;1-7-5-3-2-4-6-7;3*1-2/h5-7H,4H2,1-3H3;2-6H,1H3;3*1-2H3. The summed E-state index contributed by atoms with van der Waals surface area (Å²) in [5, 5.41) is 0. The van der Waals surface area contributed by atoms with Gasteiger partial charge < -0.3 is 0 Å². The van der Waals surface area contributed by atoms with Crippen molar-refractivity contribution in [1.29, 1.82) is 0 Å². The van der Waals surface area contributed by atoms with Gasteiger partial charge in [-0.3, -0.25) is 0 Å². The van der Waals surface area contributed by atoms with E-state index in [-0.39, 0.29) is 0 Å². The molecule has 0 heterocycles. The van der Waals surface area contributed by atoms with Crippen molar-refractivity contribution in [2.45, 2.75) is 75.7 Å². The van der Waals surface area contributed by atoms with Gasteiger partial charge in [-0.15, -0.1) is 0 Å². The maximum Gasteiger partial charge on any atom is -0.0305 e. The SMILES string of the molecule is CC.CC.CC.CCc1ccc(C)cc1C.Cc1ccccc1. The fourth-order valence-corrected chi connectivity index (χ4v) is 1.78. The zero-order valence-corrected chi connectivity index (χ0v) is 17.3. The van der Waals surface area contributed by atoms with Crippen LogP contribution < -0.4 is 0 Å². The first kappa shape index (κ1) is 26.3. The van der Waals surface area contributed by atoms with E-state index in [0.29, 0.717) is 0 Å². The van der Waals surface area contributed by atoms with Gasteiger partial charge in [-0.1, -0.05) is 108 Å². The lowest BCUT2D eigenvalue weighted by atomic mass is 10.0. The Hall–Kier alpha value is -1.56. The average Bonchev–Trinajstić information content (AvgIpc) is 2.62. The summed E-state index contributed by atoms with van der Waals surface area (Å²) in [5.74, 6) is 0. The second-order valence-corrected chi connectivity index (χ2v) is 4.44. The van der Waals surface area contributed by atoms with Gasteiger partial charge >= 0.3 is 0 Å². The zero-order chi connectivity index (χ0) is 18.7. The summed E-state index contributed by atoms with van der Waals surface area (Å²) in [6.07, 6.45) is 1.14. The molecule has 132 valence electrons. The molecule has 0 spiro atoms. The van der Waals surface area contributed by atoms with E-state index in [4.69, 9.17) is 0 Å². The molecule has 23 heavy (non-hydrogen) atoms. The highest BCUT2D eigenvalue weighted by molar-refractivity contribution is 5.30. The van der Waals surface area contributed by atoms with Crippen LogP contribution >= 0.6 is 0 Å². The summed E-state index contributed by atoms with van der Waals surface area (Å²) in [7, 11) is 0. The molecule has 0 aliphatic rings. The van der Waals surface area contributed by atoms with E-state index in [9.17, 15) is 0 Å². The number of aryl methyl sites for hydroxylation is 4. The minimum atomic E-state index is 1.14. The molecule has 0 nitrogen and oxygen atoms in total. The van der Waals surface area contributed by atoms with Crippen LogP contribution in [0.25, 0.3) is 0 Å². The van der Waals surface area contributed by atoms with E-state index in [1.807, 2.05) is 59.7 Å². The van der Waals surface area contributed by atoms with E-state index in [1.54, 1.807) is 0 Å². The molecule has 0 N–H and O–H groups in total. The molecule has 0 aliphatic carbocycles. The third-order valence-electron chi connectivity index (χ3n) is 2.82. The van der Waals surface area contributed by atoms with Gasteiger partial charge in [0.2, 0.25) is 0 Å². The molecule has 2 aromatic carbocycles. The fraction of sp³-hybridized carbons (Fsp3) is 0.478. The van der Waals surface area contributed by atoms with Crippen molar-refractivity contribution < 1.29 is 0 Å². The highest BCUT2D eigenvalue weighted by Crippen LogP contribution is 2.10. The normalized spacial score (nSPS) is 7.74. The van der Waals surface area contributed by atoms with Crippen LogP contribution in [0.4, 0.5) is 0 Å². The highest BCUT2D eigenvalue weighted by Gasteiger charge is 1.93. The van der Waals surface area contributed by atoms with Gasteiger partial charge in [0.05, 0.1) is 0 Å². The summed E-state index contributed by atoms with van der Waals surface area (Å²) in [6, 6.07) is 16.9. The molecule has 0 bridgehead atoms. The quantitative estimate of drug-likeness (QED) is 0.501. The van der Waals surface area contributed by atoms with Crippen LogP contribution in [0.5, 0.6) is 0 Å². The van der Waals surface area contributed by atoms with E-state index in [0.717, 1.165) is 6.42 Å². The molecule has 0 radical (unpaired) electrons. The molecule has 0 atom stereocenters. The minimum absolute atomic E-state index is 1.14. The summed E-state index contributed by atoms with van der Waals surface area (Å²) < 4.78 is 0. The van der Waals surface area contributed by atoms with E-state index < -0.39 is 0 Å². The fourth-order valence-electron chi connectivity index (χ4n) is 1.78. The number of rotatable bonds is 1. The summed E-state index contributed by atoms with van der Waals surface area (Å²) >= 11 is 0. The van der Waals surface area contributed by atoms with Gasteiger partial charge in [0.15, 0.2) is 0 Å². The lowest BCUT2D eigenvalue weighted by molar-refractivity contribution is 1.10. The van der Waals surface area contributed by atoms with Crippen LogP contribution in [0.1, 0.15) is 70.7 Å². The van der Waals surface area contributed by atoms with E-state index >= 15 is 0 Å². The first-order valence-electron chi connectivity index (χ1n) is 9.21. The van der Waals surface area contributed by atoms with Gasteiger partial charge in [-0.2, -0.15) is 0 Å². The van der Waals surface area contributed by atoms with Crippen LogP contribution in [0, 0.1) is 20.8 Å². The lowest BCUT2D eigenvalue weighted by Crippen LogP contribution is -1.85. The molecule has 0 heteroatoms. The Morgan fingerprint density at radius 1 is 0.609 bits per heavy atom. The lowest BCUT2D eigenvalue weighted by Gasteiger charge is -2.02. The van der Waals surface area contributed by atoms with Crippen LogP contribution in [-0.4, -0.2) is 0 Å². The third kappa shape index (κ3) is 15.1. The van der Waals surface area contributed by atoms with Gasteiger partial charge in [-0.25, -0.2) is 0 Å². The number of hydrogen-bond donors (Lipinski definition) is 0. The van der Waals surface area contributed by atoms with Crippen molar-refractivity contribution in [2.75, 3.05) is 0 Å². The summed E-state index contributed by atoms with van der Waals surface area (Å²) in [4.78, 5) is 0. The Bertz CT molecular complexity index is 441. The van der Waals surface area contributed by atoms with Crippen molar-refractivity contribution in [3.63, 3.8) is 0 Å². The molecule has 0 unspecified atom stereocenters. The predicted molar refractivity (Wildman–Crippen MR) is 111 cm³/mol. The first-order chi connectivity index (χ1) is 11.1. The van der Waals surface area contributed by atoms with Crippen molar-refractivity contribution in [3.8, 4) is 0 Å². The number of hydrogen-bond acceptors (Lipinski definition) is 0. The Morgan fingerprint density at radius 3 is 1.39 bits per heavy atom. The van der Waals surface area contributed by atoms with Gasteiger partial charge in [0, 0.05) is 0 Å². The largest absolute Gasteiger partial charge is 0.0683 e. The Kier molecular flexibility index (Phi) is 23.4. The van der Waals surface area contributed by atoms with E-state index in [1.165, 1.54) is 22.3 Å². The highest BCUT2D eigenvalue weighted by atomic mass is 14.0. The Balaban J connectivity index is -0.000000270. The average molecular weight is 317 g/mol. The van der Waals surface area contributed by atoms with Crippen molar-refractivity contribution >= 4 is 0 Å². The van der Waals surface area contributed by atoms with Gasteiger partial charge in [0.1, 0.15) is 0 Å². The van der Waals surface area contributed by atoms with Crippen LogP contribution in [0.2, 0.25) is 0 Å². The van der Waals surface area contributed by atoms with E-state index in [2.05, 4.69) is 58.0 Å². The van der Waals surface area contributed by atoms with Crippen molar-refractivity contribution in [3.05, 3.63) is 70.8 Å². The second kappa shape index (κ2) is 20.4. The molecule has 0 aliphatic heterocycles. The molecule has 0 saturated carbocycles. The maximum absolute atomic E-state index is 2.23. The van der Waals surface area contributed by atoms with Crippen molar-refractivity contribution in [1.82, 2.24) is 0 Å². The van der Waals surface area contributed by atoms with Gasteiger partial charge in [-0.05, 0) is 38.3 Å². The summed E-state index contributed by atoms with van der Waals surface area (Å²) in [6.45, 7) is 20.6. The molecule has 0 saturated heterocycles. The first-order valence-corrected chi connectivity index (χ1v) is 9.21. The molecular formula is C23H40.